The van der Waals surface area contributed by atoms with Crippen molar-refractivity contribution in [2.24, 2.45) is 0 Å². The Bertz CT molecular complexity index is 1150. The van der Waals surface area contributed by atoms with Crippen molar-refractivity contribution in [3.63, 3.8) is 0 Å². The van der Waals surface area contributed by atoms with Crippen LogP contribution in [0, 0.1) is 0 Å². The smallest absolute Gasteiger partial charge is 0.257 e. The van der Waals surface area contributed by atoms with Gasteiger partial charge in [-0.1, -0.05) is 63.7 Å². The van der Waals surface area contributed by atoms with Crippen molar-refractivity contribution >= 4 is 58.0 Å². The van der Waals surface area contributed by atoms with E-state index in [1.54, 1.807) is 36.4 Å². The largest absolute Gasteiger partial charge is 0.491 e. The van der Waals surface area contributed by atoms with Crippen LogP contribution in [0.1, 0.15) is 0 Å². The molecule has 7 nitrogen and oxygen atoms in total. The number of hydrogen-bond acceptors (Lipinski definition) is 6. The van der Waals surface area contributed by atoms with Crippen molar-refractivity contribution in [2.75, 3.05) is 44.8 Å². The second-order valence-electron chi connectivity index (χ2n) is 7.51. The topological polar surface area (TPSA) is 76.8 Å². The molecule has 1 saturated heterocycles. The fraction of sp³-hybridized carbons (Fsp3) is 0.304. The summed E-state index contributed by atoms with van der Waals surface area (Å²) in [5, 5.41) is 7.67. The highest BCUT2D eigenvalue weighted by Crippen LogP contribution is 2.40. The third-order valence-corrected chi connectivity index (χ3v) is 6.08. The molecule has 0 radical (unpaired) electrons. The van der Waals surface area contributed by atoms with E-state index in [4.69, 9.17) is 60.4 Å². The lowest BCUT2D eigenvalue weighted by atomic mass is 10.1. The van der Waals surface area contributed by atoms with Crippen LogP contribution < -0.4 is 10.1 Å². The summed E-state index contributed by atoms with van der Waals surface area (Å²) in [5.41, 5.74) is 2.29. The van der Waals surface area contributed by atoms with Crippen LogP contribution in [-0.4, -0.2) is 60.3 Å². The van der Waals surface area contributed by atoms with E-state index in [9.17, 15) is 4.79 Å². The third-order valence-electron chi connectivity index (χ3n) is 5.17. The number of aromatic nitrogens is 1. The summed E-state index contributed by atoms with van der Waals surface area (Å²) >= 11 is 24.0. The second kappa shape index (κ2) is 11.6. The standard InChI is InChI=1S/C23H21Cl4N3O4/c24-15-11-17(25)21(20(12-15)33-9-6-30-4-7-32-8-5-30)18-13-19(34-29-18)14-2-1-3-16(10-14)28-23(31)22(26)27/h1-3,10-13,22H,4-9H2,(H,28,31). The molecule has 3 aromatic rings. The fourth-order valence-electron chi connectivity index (χ4n) is 3.50. The van der Waals surface area contributed by atoms with Gasteiger partial charge in [-0.3, -0.25) is 9.69 Å². The Morgan fingerprint density at radius 1 is 1.15 bits per heavy atom. The van der Waals surface area contributed by atoms with Gasteiger partial charge in [-0.15, -0.1) is 0 Å². The minimum atomic E-state index is -1.17. The second-order valence-corrected chi connectivity index (χ2v) is 9.45. The van der Waals surface area contributed by atoms with E-state index in [-0.39, 0.29) is 0 Å². The van der Waals surface area contributed by atoms with E-state index in [2.05, 4.69) is 15.4 Å². The number of amides is 1. The van der Waals surface area contributed by atoms with Crippen LogP contribution in [0.3, 0.4) is 0 Å². The average Bonchev–Trinajstić information content (AvgIpc) is 3.29. The third kappa shape index (κ3) is 6.36. The van der Waals surface area contributed by atoms with Gasteiger partial charge in [0.25, 0.3) is 5.91 Å². The normalized spacial score (nSPS) is 14.4. The first-order valence-corrected chi connectivity index (χ1v) is 12.1. The summed E-state index contributed by atoms with van der Waals surface area (Å²) in [4.78, 5) is 12.9. The van der Waals surface area contributed by atoms with Gasteiger partial charge >= 0.3 is 0 Å². The summed E-state index contributed by atoms with van der Waals surface area (Å²) in [6.07, 6.45) is 0. The van der Waals surface area contributed by atoms with E-state index in [1.807, 2.05) is 6.07 Å². The highest BCUT2D eigenvalue weighted by atomic mass is 35.5. The van der Waals surface area contributed by atoms with Crippen molar-refractivity contribution in [1.82, 2.24) is 10.1 Å². The SMILES string of the molecule is O=C(Nc1cccc(-c2cc(-c3c(Cl)cc(Cl)cc3OCCN3CCOCC3)no2)c1)C(Cl)Cl. The quantitative estimate of drug-likeness (QED) is 0.363. The number of carbonyl (C=O) groups is 1. The highest BCUT2D eigenvalue weighted by Gasteiger charge is 2.19. The lowest BCUT2D eigenvalue weighted by molar-refractivity contribution is -0.114. The first kappa shape index (κ1) is 25.1. The molecule has 1 aliphatic rings. The van der Waals surface area contributed by atoms with E-state index in [0.717, 1.165) is 32.8 Å². The van der Waals surface area contributed by atoms with Gasteiger partial charge in [0.15, 0.2) is 10.6 Å². The number of anilines is 1. The number of ether oxygens (including phenoxy) is 2. The Kier molecular flexibility index (Phi) is 8.58. The van der Waals surface area contributed by atoms with Crippen LogP contribution in [0.2, 0.25) is 10.0 Å². The summed E-state index contributed by atoms with van der Waals surface area (Å²) in [6.45, 7) is 4.39. The van der Waals surface area contributed by atoms with Gasteiger partial charge in [0.05, 0.1) is 23.8 Å². The van der Waals surface area contributed by atoms with Gasteiger partial charge in [0.1, 0.15) is 18.1 Å². The minimum Gasteiger partial charge on any atom is -0.491 e. The van der Waals surface area contributed by atoms with Gasteiger partial charge in [0, 0.05) is 42.0 Å². The van der Waals surface area contributed by atoms with E-state index in [0.29, 0.717) is 50.7 Å². The summed E-state index contributed by atoms with van der Waals surface area (Å²) in [5.74, 6) is 0.470. The van der Waals surface area contributed by atoms with Crippen LogP contribution in [0.5, 0.6) is 5.75 Å². The van der Waals surface area contributed by atoms with Crippen molar-refractivity contribution in [2.45, 2.75) is 4.84 Å². The van der Waals surface area contributed by atoms with Gasteiger partial charge < -0.3 is 19.3 Å². The van der Waals surface area contributed by atoms with Crippen LogP contribution in [0.25, 0.3) is 22.6 Å². The molecule has 0 unspecified atom stereocenters. The predicted molar refractivity (Wildman–Crippen MR) is 134 cm³/mol. The molecule has 1 aromatic heterocycles. The van der Waals surface area contributed by atoms with Gasteiger partial charge in [-0.25, -0.2) is 0 Å². The maximum absolute atomic E-state index is 11.8. The molecular weight excluding hydrogens is 524 g/mol. The first-order chi connectivity index (χ1) is 16.4. The highest BCUT2D eigenvalue weighted by molar-refractivity contribution is 6.54. The Balaban J connectivity index is 1.54. The zero-order valence-corrected chi connectivity index (χ0v) is 20.9. The number of morpholine rings is 1. The molecule has 0 spiro atoms. The molecule has 2 aromatic carbocycles. The zero-order chi connectivity index (χ0) is 24.1. The molecule has 0 aliphatic carbocycles. The van der Waals surface area contributed by atoms with E-state index < -0.39 is 10.7 Å². The monoisotopic (exact) mass is 543 g/mol. The summed E-state index contributed by atoms with van der Waals surface area (Å²) in [6, 6.07) is 12.1. The van der Waals surface area contributed by atoms with Crippen LogP contribution in [0.4, 0.5) is 5.69 Å². The van der Waals surface area contributed by atoms with Gasteiger partial charge in [-0.2, -0.15) is 0 Å². The van der Waals surface area contributed by atoms with Crippen molar-refractivity contribution in [1.29, 1.82) is 0 Å². The number of halogens is 4. The molecule has 1 fully saturated rings. The molecule has 0 atom stereocenters. The number of nitrogens with one attached hydrogen (secondary N) is 1. The molecule has 2 heterocycles. The molecule has 1 N–H and O–H groups in total. The molecule has 11 heteroatoms. The molecule has 1 amide bonds. The number of hydrogen-bond donors (Lipinski definition) is 1. The minimum absolute atomic E-state index is 0.394. The van der Waals surface area contributed by atoms with Crippen molar-refractivity contribution in [3.05, 3.63) is 52.5 Å². The predicted octanol–water partition coefficient (Wildman–Crippen LogP) is 5.77. The zero-order valence-electron chi connectivity index (χ0n) is 17.9. The van der Waals surface area contributed by atoms with Crippen LogP contribution in [0.15, 0.2) is 47.0 Å². The first-order valence-electron chi connectivity index (χ1n) is 10.5. The number of alkyl halides is 2. The Hall–Kier alpha value is -2.00. The Labute approximate surface area is 216 Å². The number of benzene rings is 2. The lowest BCUT2D eigenvalue weighted by Crippen LogP contribution is -2.38. The summed E-state index contributed by atoms with van der Waals surface area (Å²) in [7, 11) is 0. The van der Waals surface area contributed by atoms with E-state index >= 15 is 0 Å². The molecular formula is C23H21Cl4N3O4. The molecule has 0 bridgehead atoms. The van der Waals surface area contributed by atoms with Crippen LogP contribution in [-0.2, 0) is 9.53 Å². The summed E-state index contributed by atoms with van der Waals surface area (Å²) < 4.78 is 17.0. The average molecular weight is 545 g/mol. The van der Waals surface area contributed by atoms with Crippen molar-refractivity contribution < 1.29 is 18.8 Å². The molecule has 1 aliphatic heterocycles. The van der Waals surface area contributed by atoms with Crippen LogP contribution >= 0.6 is 46.4 Å². The number of rotatable bonds is 8. The van der Waals surface area contributed by atoms with Crippen molar-refractivity contribution in [3.8, 4) is 28.3 Å². The van der Waals surface area contributed by atoms with E-state index in [1.165, 1.54) is 0 Å². The Morgan fingerprint density at radius 2 is 1.94 bits per heavy atom. The molecule has 34 heavy (non-hydrogen) atoms. The molecule has 0 saturated carbocycles. The molecule has 4 rings (SSSR count). The van der Waals surface area contributed by atoms with Gasteiger partial charge in [-0.05, 0) is 24.3 Å². The lowest BCUT2D eigenvalue weighted by Gasteiger charge is -2.26. The Morgan fingerprint density at radius 3 is 2.71 bits per heavy atom. The number of nitrogens with zero attached hydrogens (tertiary/aromatic N) is 2. The maximum atomic E-state index is 11.8. The maximum Gasteiger partial charge on any atom is 0.257 e. The molecule has 180 valence electrons. The number of carbonyl (C=O) groups excluding carboxylic acids is 1. The fourth-order valence-corrected chi connectivity index (χ4v) is 4.18. The van der Waals surface area contributed by atoms with Gasteiger partial charge in [0.2, 0.25) is 0 Å².